The van der Waals surface area contributed by atoms with E-state index in [1.807, 2.05) is 12.1 Å². The third kappa shape index (κ3) is 2.84. The SMILES string of the molecule is CN(C(=O)c1ccccc1Cl)c1nnc(-c2ccncc2)s1. The Balaban J connectivity index is 1.87. The van der Waals surface area contributed by atoms with Crippen molar-refractivity contribution in [3.05, 3.63) is 59.4 Å². The normalized spacial score (nSPS) is 10.5. The Kier molecular flexibility index (Phi) is 4.13. The summed E-state index contributed by atoms with van der Waals surface area (Å²) < 4.78 is 0. The molecule has 7 heteroatoms. The highest BCUT2D eigenvalue weighted by molar-refractivity contribution is 7.18. The Hall–Kier alpha value is -2.31. The zero-order chi connectivity index (χ0) is 15.5. The molecule has 3 aromatic rings. The highest BCUT2D eigenvalue weighted by Crippen LogP contribution is 2.29. The fraction of sp³-hybridized carbons (Fsp3) is 0.0667. The Labute approximate surface area is 136 Å². The molecule has 0 saturated carbocycles. The van der Waals surface area contributed by atoms with Crippen molar-refractivity contribution in [1.29, 1.82) is 0 Å². The molecule has 1 aromatic carbocycles. The van der Waals surface area contributed by atoms with Crippen LogP contribution in [-0.4, -0.2) is 28.1 Å². The molecule has 3 rings (SSSR count). The Bertz CT molecular complexity index is 806. The number of carbonyl (C=O) groups is 1. The summed E-state index contributed by atoms with van der Waals surface area (Å²) in [7, 11) is 1.66. The second-order valence-corrected chi connectivity index (χ2v) is 5.83. The van der Waals surface area contributed by atoms with Gasteiger partial charge in [-0.1, -0.05) is 35.1 Å². The van der Waals surface area contributed by atoms with Crippen molar-refractivity contribution in [3.63, 3.8) is 0 Å². The molecule has 0 atom stereocenters. The van der Waals surface area contributed by atoms with E-state index in [1.165, 1.54) is 16.2 Å². The molecule has 1 amide bonds. The third-order valence-corrected chi connectivity index (χ3v) is 4.42. The fourth-order valence-corrected chi connectivity index (χ4v) is 2.89. The van der Waals surface area contributed by atoms with E-state index >= 15 is 0 Å². The summed E-state index contributed by atoms with van der Waals surface area (Å²) >= 11 is 7.40. The van der Waals surface area contributed by atoms with Gasteiger partial charge < -0.3 is 0 Å². The summed E-state index contributed by atoms with van der Waals surface area (Å²) in [4.78, 5) is 17.9. The van der Waals surface area contributed by atoms with Gasteiger partial charge in [-0.05, 0) is 24.3 Å². The van der Waals surface area contributed by atoms with Gasteiger partial charge in [0.2, 0.25) is 5.13 Å². The summed E-state index contributed by atoms with van der Waals surface area (Å²) in [5.74, 6) is -0.219. The summed E-state index contributed by atoms with van der Waals surface area (Å²) in [6.45, 7) is 0. The van der Waals surface area contributed by atoms with Gasteiger partial charge in [0.05, 0.1) is 10.6 Å². The van der Waals surface area contributed by atoms with Crippen LogP contribution in [0.5, 0.6) is 0 Å². The van der Waals surface area contributed by atoms with E-state index in [1.54, 1.807) is 43.7 Å². The fourth-order valence-electron chi connectivity index (χ4n) is 1.86. The molecule has 0 aliphatic carbocycles. The standard InChI is InChI=1S/C15H11ClN4OS/c1-20(14(21)11-4-2-3-5-12(11)16)15-19-18-13(22-15)10-6-8-17-9-7-10/h2-9H,1H3. The van der Waals surface area contributed by atoms with Crippen molar-refractivity contribution in [2.24, 2.45) is 0 Å². The Morgan fingerprint density at radius 1 is 1.14 bits per heavy atom. The Morgan fingerprint density at radius 2 is 1.86 bits per heavy atom. The molecule has 0 spiro atoms. The minimum absolute atomic E-state index is 0.219. The zero-order valence-corrected chi connectivity index (χ0v) is 13.2. The number of aromatic nitrogens is 3. The first-order chi connectivity index (χ1) is 10.7. The average Bonchev–Trinajstić information content (AvgIpc) is 3.05. The average molecular weight is 331 g/mol. The molecule has 0 aliphatic heterocycles. The van der Waals surface area contributed by atoms with Crippen LogP contribution in [0.1, 0.15) is 10.4 Å². The van der Waals surface area contributed by atoms with Crippen LogP contribution in [0.3, 0.4) is 0 Å². The van der Waals surface area contributed by atoms with Gasteiger partial charge in [-0.15, -0.1) is 10.2 Å². The molecular weight excluding hydrogens is 320 g/mol. The topological polar surface area (TPSA) is 59.0 Å². The summed E-state index contributed by atoms with van der Waals surface area (Å²) in [6.07, 6.45) is 3.38. The quantitative estimate of drug-likeness (QED) is 0.737. The van der Waals surface area contributed by atoms with Crippen LogP contribution in [0.15, 0.2) is 48.8 Å². The van der Waals surface area contributed by atoms with E-state index in [0.29, 0.717) is 15.7 Å². The molecule has 22 heavy (non-hydrogen) atoms. The maximum absolute atomic E-state index is 12.5. The van der Waals surface area contributed by atoms with Gasteiger partial charge in [0.15, 0.2) is 0 Å². The molecule has 0 unspecified atom stereocenters. The molecule has 2 aromatic heterocycles. The van der Waals surface area contributed by atoms with Gasteiger partial charge in [0, 0.05) is 25.0 Å². The molecule has 5 nitrogen and oxygen atoms in total. The Morgan fingerprint density at radius 3 is 2.59 bits per heavy atom. The number of hydrogen-bond donors (Lipinski definition) is 0. The number of pyridine rings is 1. The van der Waals surface area contributed by atoms with Gasteiger partial charge in [-0.3, -0.25) is 14.7 Å². The maximum Gasteiger partial charge on any atom is 0.261 e. The number of benzene rings is 1. The summed E-state index contributed by atoms with van der Waals surface area (Å²) in [5.41, 5.74) is 1.35. The number of anilines is 1. The van der Waals surface area contributed by atoms with Crippen LogP contribution in [0.25, 0.3) is 10.6 Å². The lowest BCUT2D eigenvalue weighted by Gasteiger charge is -2.13. The molecule has 0 saturated heterocycles. The van der Waals surface area contributed by atoms with Crippen molar-refractivity contribution in [3.8, 4) is 10.6 Å². The number of halogens is 1. The second kappa shape index (κ2) is 6.21. The third-order valence-electron chi connectivity index (χ3n) is 3.04. The first-order valence-electron chi connectivity index (χ1n) is 6.43. The minimum Gasteiger partial charge on any atom is -0.286 e. The van der Waals surface area contributed by atoms with Gasteiger partial charge in [0.25, 0.3) is 5.91 Å². The lowest BCUT2D eigenvalue weighted by molar-refractivity contribution is 0.0993. The van der Waals surface area contributed by atoms with Crippen molar-refractivity contribution in [2.75, 3.05) is 11.9 Å². The highest BCUT2D eigenvalue weighted by atomic mass is 35.5. The molecule has 0 bridgehead atoms. The van der Waals surface area contributed by atoms with E-state index in [2.05, 4.69) is 15.2 Å². The lowest BCUT2D eigenvalue weighted by atomic mass is 10.2. The highest BCUT2D eigenvalue weighted by Gasteiger charge is 2.19. The van der Waals surface area contributed by atoms with Crippen molar-refractivity contribution >= 4 is 34.0 Å². The predicted molar refractivity (Wildman–Crippen MR) is 87.3 cm³/mol. The van der Waals surface area contributed by atoms with Crippen LogP contribution >= 0.6 is 22.9 Å². The maximum atomic E-state index is 12.5. The number of carbonyl (C=O) groups excluding carboxylic acids is 1. The molecule has 110 valence electrons. The van der Waals surface area contributed by atoms with Crippen LogP contribution in [-0.2, 0) is 0 Å². The summed E-state index contributed by atoms with van der Waals surface area (Å²) in [5, 5.41) is 9.86. The van der Waals surface area contributed by atoms with Gasteiger partial charge in [0.1, 0.15) is 5.01 Å². The van der Waals surface area contributed by atoms with E-state index in [4.69, 9.17) is 11.6 Å². The van der Waals surface area contributed by atoms with Crippen molar-refractivity contribution in [1.82, 2.24) is 15.2 Å². The summed E-state index contributed by atoms with van der Waals surface area (Å²) in [6, 6.07) is 10.6. The smallest absolute Gasteiger partial charge is 0.261 e. The number of amides is 1. The molecule has 0 radical (unpaired) electrons. The molecule has 0 N–H and O–H groups in total. The second-order valence-electron chi connectivity index (χ2n) is 4.47. The molecular formula is C15H11ClN4OS. The van der Waals surface area contributed by atoms with Crippen molar-refractivity contribution < 1.29 is 4.79 Å². The predicted octanol–water partition coefficient (Wildman–Crippen LogP) is 3.53. The largest absolute Gasteiger partial charge is 0.286 e. The number of rotatable bonds is 3. The van der Waals surface area contributed by atoms with Crippen molar-refractivity contribution in [2.45, 2.75) is 0 Å². The first kappa shape index (κ1) is 14.6. The van der Waals surface area contributed by atoms with E-state index < -0.39 is 0 Å². The number of hydrogen-bond acceptors (Lipinski definition) is 5. The van der Waals surface area contributed by atoms with Crippen LogP contribution in [0.4, 0.5) is 5.13 Å². The lowest BCUT2D eigenvalue weighted by Crippen LogP contribution is -2.26. The van der Waals surface area contributed by atoms with Gasteiger partial charge in [-0.2, -0.15) is 0 Å². The molecule has 0 fully saturated rings. The van der Waals surface area contributed by atoms with E-state index in [0.717, 1.165) is 10.6 Å². The zero-order valence-electron chi connectivity index (χ0n) is 11.6. The van der Waals surface area contributed by atoms with E-state index in [9.17, 15) is 4.79 Å². The monoisotopic (exact) mass is 330 g/mol. The van der Waals surface area contributed by atoms with Gasteiger partial charge >= 0.3 is 0 Å². The minimum atomic E-state index is -0.219. The van der Waals surface area contributed by atoms with Crippen LogP contribution < -0.4 is 4.90 Å². The number of nitrogens with zero attached hydrogens (tertiary/aromatic N) is 4. The molecule has 0 aliphatic rings. The molecule has 2 heterocycles. The first-order valence-corrected chi connectivity index (χ1v) is 7.63. The van der Waals surface area contributed by atoms with Crippen LogP contribution in [0, 0.1) is 0 Å². The van der Waals surface area contributed by atoms with E-state index in [-0.39, 0.29) is 5.91 Å². The van der Waals surface area contributed by atoms with Gasteiger partial charge in [-0.25, -0.2) is 0 Å². The van der Waals surface area contributed by atoms with Crippen LogP contribution in [0.2, 0.25) is 5.02 Å².